The van der Waals surface area contributed by atoms with Gasteiger partial charge in [-0.15, -0.1) is 0 Å². The minimum absolute atomic E-state index is 0.505. The van der Waals surface area contributed by atoms with Gasteiger partial charge in [-0.25, -0.2) is 0 Å². The second-order valence-corrected chi connectivity index (χ2v) is 7.24. The Bertz CT molecular complexity index is 1020. The standard InChI is InChI=1S/C28H26N2O/c1-3-7-25(8-4-1)11-13-27-15-19-29(20-16-27)23-31-24-30-21-17-28(18-22-30)14-12-26-9-5-2-6-10-26/h1-22H,23-24H2/q+2. The molecule has 3 heteroatoms. The minimum Gasteiger partial charge on any atom is -0.262 e. The lowest BCUT2D eigenvalue weighted by molar-refractivity contribution is -0.788. The van der Waals surface area contributed by atoms with Gasteiger partial charge in [-0.3, -0.25) is 4.74 Å². The Morgan fingerprint density at radius 3 is 1.13 bits per heavy atom. The van der Waals surface area contributed by atoms with Gasteiger partial charge in [0.2, 0.25) is 0 Å². The highest BCUT2D eigenvalue weighted by atomic mass is 16.5. The fourth-order valence-electron chi connectivity index (χ4n) is 3.10. The predicted octanol–water partition coefficient (Wildman–Crippen LogP) is 5.23. The predicted molar refractivity (Wildman–Crippen MR) is 125 cm³/mol. The number of pyridine rings is 2. The van der Waals surface area contributed by atoms with Crippen LogP contribution in [0.5, 0.6) is 0 Å². The summed E-state index contributed by atoms with van der Waals surface area (Å²) in [7, 11) is 0. The molecule has 2 heterocycles. The van der Waals surface area contributed by atoms with Crippen LogP contribution >= 0.6 is 0 Å². The highest BCUT2D eigenvalue weighted by Crippen LogP contribution is 2.07. The SMILES string of the molecule is C(=Cc1cc[n+](COC[n+]2ccc(C=Cc3ccccc3)cc2)cc1)c1ccccc1. The first kappa shape index (κ1) is 20.5. The summed E-state index contributed by atoms with van der Waals surface area (Å²) in [6.07, 6.45) is 16.6. The van der Waals surface area contributed by atoms with E-state index in [0.717, 1.165) is 11.1 Å². The Morgan fingerprint density at radius 2 is 0.774 bits per heavy atom. The maximum Gasteiger partial charge on any atom is 0.257 e. The van der Waals surface area contributed by atoms with Crippen LogP contribution in [0, 0.1) is 0 Å². The lowest BCUT2D eigenvalue weighted by atomic mass is 10.1. The van der Waals surface area contributed by atoms with Crippen molar-refractivity contribution in [2.45, 2.75) is 13.5 Å². The molecule has 3 nitrogen and oxygen atoms in total. The van der Waals surface area contributed by atoms with Crippen molar-refractivity contribution in [2.75, 3.05) is 0 Å². The van der Waals surface area contributed by atoms with Crippen molar-refractivity contribution in [3.63, 3.8) is 0 Å². The number of hydrogen-bond acceptors (Lipinski definition) is 1. The van der Waals surface area contributed by atoms with Crippen molar-refractivity contribution in [3.05, 3.63) is 132 Å². The van der Waals surface area contributed by atoms with Gasteiger partial charge in [-0.2, -0.15) is 9.13 Å². The van der Waals surface area contributed by atoms with E-state index in [9.17, 15) is 0 Å². The van der Waals surface area contributed by atoms with Crippen LogP contribution in [0.3, 0.4) is 0 Å². The first-order valence-electron chi connectivity index (χ1n) is 10.4. The molecule has 2 aromatic carbocycles. The second-order valence-electron chi connectivity index (χ2n) is 7.24. The average molecular weight is 407 g/mol. The molecule has 4 aromatic rings. The van der Waals surface area contributed by atoms with Gasteiger partial charge in [-0.05, 0) is 22.3 Å². The molecule has 0 radical (unpaired) electrons. The Labute approximate surface area is 183 Å². The van der Waals surface area contributed by atoms with Crippen LogP contribution in [0.25, 0.3) is 24.3 Å². The van der Waals surface area contributed by atoms with Gasteiger partial charge >= 0.3 is 0 Å². The summed E-state index contributed by atoms with van der Waals surface area (Å²) in [6.45, 7) is 1.01. The topological polar surface area (TPSA) is 17.0 Å². The molecule has 0 bridgehead atoms. The molecule has 0 aliphatic carbocycles. The summed E-state index contributed by atoms with van der Waals surface area (Å²) in [5.74, 6) is 0. The fraction of sp³-hybridized carbons (Fsp3) is 0.0714. The van der Waals surface area contributed by atoms with Crippen molar-refractivity contribution < 1.29 is 13.9 Å². The zero-order valence-electron chi connectivity index (χ0n) is 17.4. The molecule has 0 N–H and O–H groups in total. The van der Waals surface area contributed by atoms with Crippen molar-refractivity contribution >= 4 is 24.3 Å². The van der Waals surface area contributed by atoms with Gasteiger partial charge < -0.3 is 0 Å². The van der Waals surface area contributed by atoms with Crippen molar-refractivity contribution in [1.29, 1.82) is 0 Å². The highest BCUT2D eigenvalue weighted by molar-refractivity contribution is 5.69. The van der Waals surface area contributed by atoms with Crippen LogP contribution in [0.15, 0.2) is 110 Å². The third kappa shape index (κ3) is 6.59. The van der Waals surface area contributed by atoms with Crippen LogP contribution in [-0.4, -0.2) is 0 Å². The lowest BCUT2D eigenvalue weighted by Crippen LogP contribution is -2.40. The number of benzene rings is 2. The summed E-state index contributed by atoms with van der Waals surface area (Å²) < 4.78 is 9.88. The van der Waals surface area contributed by atoms with Crippen LogP contribution in [0.1, 0.15) is 22.3 Å². The Hall–Kier alpha value is -3.82. The van der Waals surface area contributed by atoms with Gasteiger partial charge in [0.05, 0.1) is 0 Å². The van der Waals surface area contributed by atoms with Crippen molar-refractivity contribution in [2.24, 2.45) is 0 Å². The third-order valence-corrected chi connectivity index (χ3v) is 4.85. The Balaban J connectivity index is 1.24. The zero-order valence-corrected chi connectivity index (χ0v) is 17.4. The summed E-state index contributed by atoms with van der Waals surface area (Å²) in [6, 6.07) is 29.0. The van der Waals surface area contributed by atoms with Crippen LogP contribution in [0.4, 0.5) is 0 Å². The monoisotopic (exact) mass is 406 g/mol. The molecule has 0 fully saturated rings. The maximum atomic E-state index is 5.83. The van der Waals surface area contributed by atoms with Crippen molar-refractivity contribution in [1.82, 2.24) is 0 Å². The molecule has 0 aliphatic rings. The van der Waals surface area contributed by atoms with Gasteiger partial charge in [0.25, 0.3) is 13.5 Å². The normalized spacial score (nSPS) is 11.4. The number of rotatable bonds is 8. The molecule has 0 atom stereocenters. The molecule has 0 saturated carbocycles. The molecule has 0 amide bonds. The average Bonchev–Trinajstić information content (AvgIpc) is 2.84. The molecule has 0 aliphatic heterocycles. The van der Waals surface area contributed by atoms with E-state index in [1.54, 1.807) is 0 Å². The second kappa shape index (κ2) is 10.8. The molecule has 31 heavy (non-hydrogen) atoms. The summed E-state index contributed by atoms with van der Waals surface area (Å²) in [5, 5.41) is 0. The molecule has 0 unspecified atom stereocenters. The van der Waals surface area contributed by atoms with E-state index in [-0.39, 0.29) is 0 Å². The first-order valence-corrected chi connectivity index (χ1v) is 10.4. The zero-order chi connectivity index (χ0) is 21.1. The maximum absolute atomic E-state index is 5.83. The number of aromatic nitrogens is 2. The van der Waals surface area contributed by atoms with E-state index in [4.69, 9.17) is 4.74 Å². The van der Waals surface area contributed by atoms with E-state index in [0.29, 0.717) is 13.5 Å². The molecular formula is C28H26N2O+2. The van der Waals surface area contributed by atoms with E-state index >= 15 is 0 Å². The third-order valence-electron chi connectivity index (χ3n) is 4.85. The molecule has 4 rings (SSSR count). The molecule has 2 aromatic heterocycles. The minimum atomic E-state index is 0.505. The summed E-state index contributed by atoms with van der Waals surface area (Å²) in [5.41, 5.74) is 4.71. The van der Waals surface area contributed by atoms with Gasteiger partial charge in [0.15, 0.2) is 24.8 Å². The summed E-state index contributed by atoms with van der Waals surface area (Å²) >= 11 is 0. The van der Waals surface area contributed by atoms with E-state index in [1.807, 2.05) is 70.3 Å². The smallest absolute Gasteiger partial charge is 0.257 e. The molecule has 0 saturated heterocycles. The fourth-order valence-corrected chi connectivity index (χ4v) is 3.10. The van der Waals surface area contributed by atoms with E-state index in [1.165, 1.54) is 11.1 Å². The Morgan fingerprint density at radius 1 is 0.452 bits per heavy atom. The molecule has 152 valence electrons. The van der Waals surface area contributed by atoms with E-state index in [2.05, 4.69) is 72.8 Å². The largest absolute Gasteiger partial charge is 0.262 e. The van der Waals surface area contributed by atoms with Gasteiger partial charge in [0, 0.05) is 24.3 Å². The molecular weight excluding hydrogens is 380 g/mol. The van der Waals surface area contributed by atoms with Crippen LogP contribution in [0.2, 0.25) is 0 Å². The number of ether oxygens (including phenoxy) is 1. The van der Waals surface area contributed by atoms with Gasteiger partial charge in [0.1, 0.15) is 0 Å². The first-order chi connectivity index (χ1) is 15.3. The van der Waals surface area contributed by atoms with Crippen molar-refractivity contribution in [3.8, 4) is 0 Å². The van der Waals surface area contributed by atoms with E-state index < -0.39 is 0 Å². The number of hydrogen-bond donors (Lipinski definition) is 0. The highest BCUT2D eigenvalue weighted by Gasteiger charge is 2.04. The quantitative estimate of drug-likeness (QED) is 0.366. The molecule has 0 spiro atoms. The summed E-state index contributed by atoms with van der Waals surface area (Å²) in [4.78, 5) is 0. The van der Waals surface area contributed by atoms with Crippen LogP contribution in [-0.2, 0) is 18.2 Å². The Kier molecular flexibility index (Phi) is 7.13. The lowest BCUT2D eigenvalue weighted by Gasteiger charge is -1.99. The number of nitrogens with zero attached hydrogens (tertiary/aromatic N) is 2. The van der Waals surface area contributed by atoms with Gasteiger partial charge in [-0.1, -0.05) is 85.0 Å². The van der Waals surface area contributed by atoms with Crippen LogP contribution < -0.4 is 9.13 Å².